The van der Waals surface area contributed by atoms with E-state index in [2.05, 4.69) is 0 Å². The average molecular weight is 457 g/mol. The Bertz CT molecular complexity index is 1020. The number of nitrogens with zero attached hydrogens (tertiary/aromatic N) is 2. The number of ether oxygens (including phenoxy) is 1. The van der Waals surface area contributed by atoms with E-state index >= 15 is 0 Å². The van der Waals surface area contributed by atoms with Gasteiger partial charge < -0.3 is 15.0 Å². The number of rotatable bonds is 6. The van der Waals surface area contributed by atoms with Crippen LogP contribution in [0.5, 0.6) is 5.75 Å². The van der Waals surface area contributed by atoms with Crippen LogP contribution in [0.15, 0.2) is 53.4 Å². The Morgan fingerprint density at radius 2 is 1.65 bits per heavy atom. The average Bonchev–Trinajstić information content (AvgIpc) is 2.77. The minimum atomic E-state index is -4.52. The summed E-state index contributed by atoms with van der Waals surface area (Å²) in [6.45, 7) is -0.000163. The van der Waals surface area contributed by atoms with Crippen molar-refractivity contribution >= 4 is 21.6 Å². The summed E-state index contributed by atoms with van der Waals surface area (Å²) >= 11 is 0. The molecule has 31 heavy (non-hydrogen) atoms. The number of hydrogen-bond acceptors (Lipinski definition) is 5. The van der Waals surface area contributed by atoms with Crippen molar-refractivity contribution in [3.8, 4) is 5.75 Å². The van der Waals surface area contributed by atoms with E-state index in [-0.39, 0.29) is 23.5 Å². The van der Waals surface area contributed by atoms with Gasteiger partial charge in [0, 0.05) is 31.7 Å². The standard InChI is InChI=1S/C20H22F3N3O4S/c1-30-18-5-3-2-4-17(18)25-10-12-26(13-11-25)31(28,29)16-8-6-15(7-9-16)19(27)24-14-20(21,22)23/h2-9H,10-14H2,1H3,(H,24,27). The SMILES string of the molecule is COc1ccccc1N1CCN(S(=O)(=O)c2ccc(C(=O)NCC(F)(F)F)cc2)CC1. The number of amides is 1. The van der Waals surface area contributed by atoms with Crippen LogP contribution in [0.4, 0.5) is 18.9 Å². The number of hydrogen-bond donors (Lipinski definition) is 1. The zero-order valence-electron chi connectivity index (χ0n) is 16.7. The normalized spacial score (nSPS) is 15.5. The molecule has 1 saturated heterocycles. The largest absolute Gasteiger partial charge is 0.495 e. The Hall–Kier alpha value is -2.79. The highest BCUT2D eigenvalue weighted by Gasteiger charge is 2.30. The molecule has 0 unspecified atom stereocenters. The number of alkyl halides is 3. The van der Waals surface area contributed by atoms with Gasteiger partial charge in [-0.25, -0.2) is 8.42 Å². The van der Waals surface area contributed by atoms with Gasteiger partial charge in [-0.3, -0.25) is 4.79 Å². The summed E-state index contributed by atoms with van der Waals surface area (Å²) < 4.78 is 69.2. The molecule has 1 aliphatic rings. The van der Waals surface area contributed by atoms with E-state index in [1.165, 1.54) is 28.6 Å². The third-order valence-corrected chi connectivity index (χ3v) is 6.78. The van der Waals surface area contributed by atoms with E-state index in [9.17, 15) is 26.4 Å². The smallest absolute Gasteiger partial charge is 0.405 e. The molecule has 0 spiro atoms. The zero-order chi connectivity index (χ0) is 22.6. The first-order valence-electron chi connectivity index (χ1n) is 9.45. The molecule has 3 rings (SSSR count). The first-order valence-corrected chi connectivity index (χ1v) is 10.9. The van der Waals surface area contributed by atoms with Gasteiger partial charge in [0.2, 0.25) is 10.0 Å². The zero-order valence-corrected chi connectivity index (χ0v) is 17.5. The van der Waals surface area contributed by atoms with E-state index in [0.29, 0.717) is 18.8 Å². The highest BCUT2D eigenvalue weighted by molar-refractivity contribution is 7.89. The minimum absolute atomic E-state index is 0.0226. The number of sulfonamides is 1. The predicted octanol–water partition coefficient (Wildman–Crippen LogP) is 2.50. The van der Waals surface area contributed by atoms with Gasteiger partial charge in [0.05, 0.1) is 17.7 Å². The van der Waals surface area contributed by atoms with Crippen molar-refractivity contribution in [2.24, 2.45) is 0 Å². The van der Waals surface area contributed by atoms with E-state index in [4.69, 9.17) is 4.74 Å². The molecule has 1 N–H and O–H groups in total. The summed E-state index contributed by atoms with van der Waals surface area (Å²) in [5, 5.41) is 1.75. The molecule has 1 heterocycles. The molecule has 0 saturated carbocycles. The van der Waals surface area contributed by atoms with Gasteiger partial charge in [0.15, 0.2) is 0 Å². The number of nitrogens with one attached hydrogen (secondary N) is 1. The van der Waals surface area contributed by atoms with E-state index in [0.717, 1.165) is 5.69 Å². The molecule has 1 aliphatic heterocycles. The molecular weight excluding hydrogens is 435 g/mol. The quantitative estimate of drug-likeness (QED) is 0.721. The van der Waals surface area contributed by atoms with Crippen LogP contribution in [0, 0.1) is 0 Å². The van der Waals surface area contributed by atoms with Crippen LogP contribution < -0.4 is 15.0 Å². The number of piperazine rings is 1. The number of methoxy groups -OCH3 is 1. The maximum atomic E-state index is 12.9. The third kappa shape index (κ3) is 5.47. The highest BCUT2D eigenvalue weighted by atomic mass is 32.2. The molecule has 0 radical (unpaired) electrons. The molecule has 1 amide bonds. The Labute approximate surface area is 178 Å². The number of benzene rings is 2. The van der Waals surface area contributed by atoms with Crippen LogP contribution in [0.2, 0.25) is 0 Å². The van der Waals surface area contributed by atoms with Crippen LogP contribution in [0.3, 0.4) is 0 Å². The maximum Gasteiger partial charge on any atom is 0.405 e. The number of carbonyl (C=O) groups excluding carboxylic acids is 1. The summed E-state index contributed by atoms with van der Waals surface area (Å²) in [6, 6.07) is 12.3. The van der Waals surface area contributed by atoms with Crippen molar-refractivity contribution in [1.29, 1.82) is 0 Å². The van der Waals surface area contributed by atoms with Crippen LogP contribution in [-0.4, -0.2) is 64.6 Å². The lowest BCUT2D eigenvalue weighted by Crippen LogP contribution is -2.48. The molecular formula is C20H22F3N3O4S. The van der Waals surface area contributed by atoms with Gasteiger partial charge in [0.1, 0.15) is 12.3 Å². The summed E-state index contributed by atoms with van der Waals surface area (Å²) in [5.74, 6) is -0.218. The van der Waals surface area contributed by atoms with Crippen molar-refractivity contribution in [2.75, 3.05) is 44.7 Å². The number of carbonyl (C=O) groups is 1. The molecule has 0 bridgehead atoms. The Kier molecular flexibility index (Phi) is 6.75. The topological polar surface area (TPSA) is 79.0 Å². The molecule has 0 aliphatic carbocycles. The van der Waals surface area contributed by atoms with Gasteiger partial charge >= 0.3 is 6.18 Å². The van der Waals surface area contributed by atoms with Gasteiger partial charge in [0.25, 0.3) is 5.91 Å². The highest BCUT2D eigenvalue weighted by Crippen LogP contribution is 2.29. The second-order valence-corrected chi connectivity index (χ2v) is 8.82. The third-order valence-electron chi connectivity index (χ3n) is 4.87. The van der Waals surface area contributed by atoms with Crippen LogP contribution in [0.1, 0.15) is 10.4 Å². The second kappa shape index (κ2) is 9.15. The molecule has 1 fully saturated rings. The Morgan fingerprint density at radius 1 is 1.03 bits per heavy atom. The maximum absolute atomic E-state index is 12.9. The molecule has 0 atom stereocenters. The Balaban J connectivity index is 1.65. The number of anilines is 1. The summed E-state index contributed by atoms with van der Waals surface area (Å²) in [4.78, 5) is 13.8. The van der Waals surface area contributed by atoms with Crippen molar-refractivity contribution in [1.82, 2.24) is 9.62 Å². The van der Waals surface area contributed by atoms with Crippen LogP contribution in [-0.2, 0) is 10.0 Å². The predicted molar refractivity (Wildman–Crippen MR) is 109 cm³/mol. The fourth-order valence-electron chi connectivity index (χ4n) is 3.27. The number of halogens is 3. The van der Waals surface area contributed by atoms with Crippen LogP contribution in [0.25, 0.3) is 0 Å². The summed E-state index contributed by atoms with van der Waals surface area (Å²) in [7, 11) is -2.22. The van der Waals surface area contributed by atoms with E-state index in [1.54, 1.807) is 12.4 Å². The first kappa shape index (κ1) is 22.9. The van der Waals surface area contributed by atoms with Gasteiger partial charge in [-0.2, -0.15) is 17.5 Å². The molecule has 11 heteroatoms. The monoisotopic (exact) mass is 457 g/mol. The number of para-hydroxylation sites is 2. The van der Waals surface area contributed by atoms with E-state index in [1.807, 2.05) is 29.2 Å². The van der Waals surface area contributed by atoms with Gasteiger partial charge in [-0.1, -0.05) is 12.1 Å². The fraction of sp³-hybridized carbons (Fsp3) is 0.350. The van der Waals surface area contributed by atoms with Gasteiger partial charge in [-0.05, 0) is 36.4 Å². The van der Waals surface area contributed by atoms with E-state index < -0.39 is 28.7 Å². The van der Waals surface area contributed by atoms with Crippen molar-refractivity contribution in [3.63, 3.8) is 0 Å². The lowest BCUT2D eigenvalue weighted by molar-refractivity contribution is -0.123. The first-order chi connectivity index (χ1) is 14.6. The summed E-state index contributed by atoms with van der Waals surface area (Å²) in [5.41, 5.74) is 0.834. The van der Waals surface area contributed by atoms with Crippen LogP contribution >= 0.6 is 0 Å². The lowest BCUT2D eigenvalue weighted by Gasteiger charge is -2.35. The summed E-state index contributed by atoms with van der Waals surface area (Å²) in [6.07, 6.45) is -4.52. The van der Waals surface area contributed by atoms with Gasteiger partial charge in [-0.15, -0.1) is 0 Å². The van der Waals surface area contributed by atoms with Crippen molar-refractivity contribution < 1.29 is 31.1 Å². The fourth-order valence-corrected chi connectivity index (χ4v) is 4.69. The molecule has 7 nitrogen and oxygen atoms in total. The second-order valence-electron chi connectivity index (χ2n) is 6.89. The van der Waals surface area contributed by atoms with Crippen molar-refractivity contribution in [3.05, 3.63) is 54.1 Å². The molecule has 2 aromatic carbocycles. The minimum Gasteiger partial charge on any atom is -0.495 e. The molecule has 168 valence electrons. The molecule has 0 aromatic heterocycles. The Morgan fingerprint density at radius 3 is 2.23 bits per heavy atom. The molecule has 2 aromatic rings. The lowest BCUT2D eigenvalue weighted by atomic mass is 10.2. The van der Waals surface area contributed by atoms with Crippen molar-refractivity contribution in [2.45, 2.75) is 11.1 Å².